The molecular weight excluding hydrogens is 346 g/mol. The summed E-state index contributed by atoms with van der Waals surface area (Å²) in [6.07, 6.45) is 7.15. The van der Waals surface area contributed by atoms with Crippen molar-refractivity contribution in [2.24, 2.45) is 5.92 Å². The van der Waals surface area contributed by atoms with E-state index in [1.54, 1.807) is 22.2 Å². The molecule has 0 saturated heterocycles. The van der Waals surface area contributed by atoms with Crippen LogP contribution in [0.25, 0.3) is 15.9 Å². The van der Waals surface area contributed by atoms with Crippen LogP contribution in [0.5, 0.6) is 0 Å². The fourth-order valence-corrected chi connectivity index (χ4v) is 4.91. The molecule has 0 spiro atoms. The van der Waals surface area contributed by atoms with E-state index in [0.29, 0.717) is 12.5 Å². The minimum Gasteiger partial charge on any atom is -0.336 e. The van der Waals surface area contributed by atoms with Crippen LogP contribution in [-0.4, -0.2) is 43.5 Å². The highest BCUT2D eigenvalue weighted by atomic mass is 32.1. The summed E-state index contributed by atoms with van der Waals surface area (Å²) in [6, 6.07) is 0. The molecule has 138 valence electrons. The number of unbranched alkanes of at least 4 members (excludes halogenated alkanes) is 1. The first-order valence-electron chi connectivity index (χ1n) is 9.57. The number of rotatable bonds is 5. The van der Waals surface area contributed by atoms with Crippen molar-refractivity contribution in [1.29, 1.82) is 0 Å². The minimum atomic E-state index is -0.0877. The lowest BCUT2D eigenvalue weighted by Crippen LogP contribution is -2.32. The molecule has 0 N–H and O–H groups in total. The first-order valence-corrected chi connectivity index (χ1v) is 10.4. The maximum absolute atomic E-state index is 12.8. The van der Waals surface area contributed by atoms with Crippen LogP contribution in [0.1, 0.15) is 61.1 Å². The van der Waals surface area contributed by atoms with E-state index in [9.17, 15) is 4.79 Å². The topological polar surface area (TPSA) is 63.4 Å². The lowest BCUT2D eigenvalue weighted by atomic mass is 9.89. The Bertz CT molecular complexity index is 960. The van der Waals surface area contributed by atoms with Gasteiger partial charge in [-0.2, -0.15) is 0 Å². The van der Waals surface area contributed by atoms with Crippen molar-refractivity contribution in [2.75, 3.05) is 13.1 Å². The van der Waals surface area contributed by atoms with Crippen LogP contribution in [0, 0.1) is 5.92 Å². The van der Waals surface area contributed by atoms with Crippen molar-refractivity contribution >= 4 is 33.1 Å². The van der Waals surface area contributed by atoms with Crippen LogP contribution in [-0.2, 0) is 12.8 Å². The third-order valence-corrected chi connectivity index (χ3v) is 6.47. The number of aromatic nitrogens is 4. The molecule has 26 heavy (non-hydrogen) atoms. The molecule has 4 rings (SSSR count). The first-order chi connectivity index (χ1) is 12.6. The van der Waals surface area contributed by atoms with Gasteiger partial charge in [0, 0.05) is 18.0 Å². The second kappa shape index (κ2) is 6.95. The zero-order valence-electron chi connectivity index (χ0n) is 15.7. The lowest BCUT2D eigenvalue weighted by Gasteiger charge is -2.18. The number of fused-ring (bicyclic) bond motifs is 5. The van der Waals surface area contributed by atoms with Crippen molar-refractivity contribution in [3.05, 3.63) is 22.6 Å². The second-order valence-electron chi connectivity index (χ2n) is 7.22. The van der Waals surface area contributed by atoms with Gasteiger partial charge in [-0.15, -0.1) is 16.4 Å². The summed E-state index contributed by atoms with van der Waals surface area (Å²) in [5.41, 5.74) is 2.14. The van der Waals surface area contributed by atoms with Gasteiger partial charge in [0.05, 0.1) is 5.39 Å². The summed E-state index contributed by atoms with van der Waals surface area (Å²) >= 11 is 1.77. The highest BCUT2D eigenvalue weighted by Gasteiger charge is 2.25. The summed E-state index contributed by atoms with van der Waals surface area (Å²) in [5.74, 6) is 0.866. The SMILES string of the molecule is CCCCN(CC)C(=O)c1nc2c3c4c(sc3ncn2n1)CC[C@H](C)C4. The molecule has 0 bridgehead atoms. The van der Waals surface area contributed by atoms with E-state index < -0.39 is 0 Å². The van der Waals surface area contributed by atoms with E-state index in [1.165, 1.54) is 16.9 Å². The van der Waals surface area contributed by atoms with E-state index in [0.717, 1.165) is 48.1 Å². The molecule has 0 aromatic carbocycles. The maximum Gasteiger partial charge on any atom is 0.293 e. The number of hydrogen-bond acceptors (Lipinski definition) is 5. The van der Waals surface area contributed by atoms with E-state index in [4.69, 9.17) is 0 Å². The van der Waals surface area contributed by atoms with Crippen molar-refractivity contribution in [3.63, 3.8) is 0 Å². The lowest BCUT2D eigenvalue weighted by molar-refractivity contribution is 0.0750. The Balaban J connectivity index is 1.78. The number of carbonyl (C=O) groups excluding carboxylic acids is 1. The molecule has 1 atom stereocenters. The van der Waals surface area contributed by atoms with Crippen LogP contribution in [0.4, 0.5) is 0 Å². The largest absolute Gasteiger partial charge is 0.336 e. The van der Waals surface area contributed by atoms with Crippen molar-refractivity contribution in [2.45, 2.75) is 52.9 Å². The Kier molecular flexibility index (Phi) is 4.65. The molecule has 3 aromatic rings. The Morgan fingerprint density at radius 3 is 3.04 bits per heavy atom. The zero-order valence-corrected chi connectivity index (χ0v) is 16.5. The standard InChI is InChI=1S/C19H25N5OS/c1-4-6-9-23(5-2)19(25)16-21-17-15-13-10-12(3)7-8-14(13)26-18(15)20-11-24(17)22-16/h11-12H,4-10H2,1-3H3/t12-/m0/s1. The molecule has 0 unspecified atom stereocenters. The molecular formula is C19H25N5OS. The minimum absolute atomic E-state index is 0.0877. The Hall–Kier alpha value is -2.02. The predicted octanol–water partition coefficient (Wildman–Crippen LogP) is 3.73. The third kappa shape index (κ3) is 2.88. The molecule has 1 aliphatic rings. The normalized spacial score (nSPS) is 17.0. The van der Waals surface area contributed by atoms with Gasteiger partial charge < -0.3 is 4.90 Å². The fourth-order valence-electron chi connectivity index (χ4n) is 3.73. The van der Waals surface area contributed by atoms with Crippen LogP contribution >= 0.6 is 11.3 Å². The Labute approximate surface area is 157 Å². The highest BCUT2D eigenvalue weighted by molar-refractivity contribution is 7.19. The van der Waals surface area contributed by atoms with E-state index in [2.05, 4.69) is 28.9 Å². The highest BCUT2D eigenvalue weighted by Crippen LogP contribution is 2.38. The third-order valence-electron chi connectivity index (χ3n) is 5.27. The summed E-state index contributed by atoms with van der Waals surface area (Å²) in [5, 5.41) is 5.54. The van der Waals surface area contributed by atoms with Gasteiger partial charge in [0.2, 0.25) is 5.82 Å². The van der Waals surface area contributed by atoms with Gasteiger partial charge in [-0.05, 0) is 44.1 Å². The summed E-state index contributed by atoms with van der Waals surface area (Å²) in [4.78, 5) is 26.3. The number of carbonyl (C=O) groups is 1. The van der Waals surface area contributed by atoms with E-state index in [1.807, 2.05) is 11.8 Å². The molecule has 3 aromatic heterocycles. The number of amides is 1. The first kappa shape index (κ1) is 17.4. The summed E-state index contributed by atoms with van der Waals surface area (Å²) in [6.45, 7) is 7.85. The number of hydrogen-bond donors (Lipinski definition) is 0. The summed E-state index contributed by atoms with van der Waals surface area (Å²) < 4.78 is 1.68. The van der Waals surface area contributed by atoms with Gasteiger partial charge in [-0.25, -0.2) is 14.5 Å². The van der Waals surface area contributed by atoms with Gasteiger partial charge >= 0.3 is 0 Å². The van der Waals surface area contributed by atoms with Crippen molar-refractivity contribution in [3.8, 4) is 0 Å². The molecule has 0 aliphatic heterocycles. The average molecular weight is 372 g/mol. The molecule has 1 aliphatic carbocycles. The summed E-state index contributed by atoms with van der Waals surface area (Å²) in [7, 11) is 0. The van der Waals surface area contributed by atoms with E-state index >= 15 is 0 Å². The quantitative estimate of drug-likeness (QED) is 0.686. The fraction of sp³-hybridized carbons (Fsp3) is 0.579. The van der Waals surface area contributed by atoms with Crippen LogP contribution < -0.4 is 0 Å². The van der Waals surface area contributed by atoms with Crippen molar-refractivity contribution < 1.29 is 4.79 Å². The maximum atomic E-state index is 12.8. The van der Waals surface area contributed by atoms with Gasteiger partial charge in [0.1, 0.15) is 11.2 Å². The molecule has 6 nitrogen and oxygen atoms in total. The number of aryl methyl sites for hydroxylation is 1. The monoisotopic (exact) mass is 371 g/mol. The second-order valence-corrected chi connectivity index (χ2v) is 8.30. The van der Waals surface area contributed by atoms with Gasteiger partial charge in [0.25, 0.3) is 5.91 Å². The molecule has 0 fully saturated rings. The molecule has 3 heterocycles. The van der Waals surface area contributed by atoms with Crippen LogP contribution in [0.3, 0.4) is 0 Å². The molecule has 0 radical (unpaired) electrons. The predicted molar refractivity (Wildman–Crippen MR) is 104 cm³/mol. The van der Waals surface area contributed by atoms with Crippen LogP contribution in [0.15, 0.2) is 6.33 Å². The smallest absolute Gasteiger partial charge is 0.293 e. The van der Waals surface area contributed by atoms with Gasteiger partial charge in [-0.3, -0.25) is 4.79 Å². The average Bonchev–Trinajstić information content (AvgIpc) is 3.22. The Morgan fingerprint density at radius 1 is 1.42 bits per heavy atom. The van der Waals surface area contributed by atoms with Gasteiger partial charge in [0.15, 0.2) is 5.65 Å². The van der Waals surface area contributed by atoms with Crippen LogP contribution in [0.2, 0.25) is 0 Å². The Morgan fingerprint density at radius 2 is 2.27 bits per heavy atom. The number of nitrogens with zero attached hydrogens (tertiary/aromatic N) is 5. The number of thiophene rings is 1. The van der Waals surface area contributed by atoms with E-state index in [-0.39, 0.29) is 11.7 Å². The molecule has 0 saturated carbocycles. The molecule has 1 amide bonds. The van der Waals surface area contributed by atoms with Crippen molar-refractivity contribution in [1.82, 2.24) is 24.5 Å². The zero-order chi connectivity index (χ0) is 18.3. The molecule has 7 heteroatoms. The van der Waals surface area contributed by atoms with Gasteiger partial charge in [-0.1, -0.05) is 20.3 Å².